The van der Waals surface area contributed by atoms with E-state index in [2.05, 4.69) is 20.7 Å². The Labute approximate surface area is 162 Å². The monoisotopic (exact) mass is 381 g/mol. The van der Waals surface area contributed by atoms with Crippen molar-refractivity contribution in [2.45, 2.75) is 39.5 Å². The van der Waals surface area contributed by atoms with Crippen LogP contribution in [-0.2, 0) is 0 Å². The number of nitrogens with zero attached hydrogens (tertiary/aromatic N) is 3. The molecular formula is C20H23N5O3. The minimum Gasteiger partial charge on any atom is -0.427 e. The summed E-state index contributed by atoms with van der Waals surface area (Å²) in [6.45, 7) is 7.37. The van der Waals surface area contributed by atoms with Gasteiger partial charge in [-0.05, 0) is 64.4 Å². The first-order valence-corrected chi connectivity index (χ1v) is 9.43. The van der Waals surface area contributed by atoms with Crippen molar-refractivity contribution >= 4 is 17.4 Å². The van der Waals surface area contributed by atoms with E-state index in [4.69, 9.17) is 4.42 Å². The van der Waals surface area contributed by atoms with Crippen molar-refractivity contribution in [2.75, 3.05) is 18.4 Å². The number of fused-ring (bicyclic) bond motifs is 1. The molecule has 0 atom stereocenters. The lowest BCUT2D eigenvalue weighted by Gasteiger charge is -2.21. The second-order valence-electron chi connectivity index (χ2n) is 7.31. The molecule has 28 heavy (non-hydrogen) atoms. The smallest absolute Gasteiger partial charge is 0.349 e. The van der Waals surface area contributed by atoms with Gasteiger partial charge in [0.05, 0.1) is 0 Å². The molecule has 0 saturated carbocycles. The lowest BCUT2D eigenvalue weighted by atomic mass is 9.94. The number of rotatable bonds is 3. The van der Waals surface area contributed by atoms with Gasteiger partial charge in [0.2, 0.25) is 0 Å². The predicted molar refractivity (Wildman–Crippen MR) is 105 cm³/mol. The summed E-state index contributed by atoms with van der Waals surface area (Å²) in [5.41, 5.74) is 2.42. The molecule has 1 aliphatic rings. The second-order valence-corrected chi connectivity index (χ2v) is 7.31. The second kappa shape index (κ2) is 7.20. The summed E-state index contributed by atoms with van der Waals surface area (Å²) in [6.07, 6.45) is 1.84. The average molecular weight is 381 g/mol. The van der Waals surface area contributed by atoms with Crippen LogP contribution in [0, 0.1) is 20.8 Å². The van der Waals surface area contributed by atoms with Crippen molar-refractivity contribution in [1.29, 1.82) is 0 Å². The number of anilines is 1. The molecule has 2 N–H and O–H groups in total. The Bertz CT molecular complexity index is 1110. The van der Waals surface area contributed by atoms with Crippen molar-refractivity contribution in [1.82, 2.24) is 19.9 Å². The third-order valence-corrected chi connectivity index (χ3v) is 5.11. The number of aryl methyl sites for hydroxylation is 3. The highest BCUT2D eigenvalue weighted by molar-refractivity contribution is 6.04. The maximum atomic E-state index is 12.7. The molecule has 3 aromatic rings. The van der Waals surface area contributed by atoms with Crippen LogP contribution >= 0.6 is 0 Å². The van der Waals surface area contributed by atoms with Crippen LogP contribution in [-0.4, -0.2) is 33.6 Å². The van der Waals surface area contributed by atoms with E-state index in [1.165, 1.54) is 0 Å². The standard InChI is InChI=1S/C20H23N5O3/c1-11-8-15(14-4-6-21-7-5-14)28-20(27)18(11)19(26)23-16-10-17-22-12(2)9-13(3)25(17)24-16/h8-10,14,21H,4-7H2,1-3H3,(H,23,24,26). The molecule has 0 bridgehead atoms. The molecule has 3 aromatic heterocycles. The molecule has 1 saturated heterocycles. The van der Waals surface area contributed by atoms with E-state index in [1.54, 1.807) is 17.5 Å². The van der Waals surface area contributed by atoms with Crippen molar-refractivity contribution < 1.29 is 9.21 Å². The van der Waals surface area contributed by atoms with Gasteiger partial charge in [-0.15, -0.1) is 5.10 Å². The Morgan fingerprint density at radius 2 is 1.96 bits per heavy atom. The lowest BCUT2D eigenvalue weighted by Crippen LogP contribution is -2.28. The third-order valence-electron chi connectivity index (χ3n) is 5.11. The van der Waals surface area contributed by atoms with E-state index in [0.29, 0.717) is 22.8 Å². The molecule has 4 heterocycles. The lowest BCUT2D eigenvalue weighted by molar-refractivity contribution is 0.102. The Morgan fingerprint density at radius 1 is 1.21 bits per heavy atom. The summed E-state index contributed by atoms with van der Waals surface area (Å²) in [7, 11) is 0. The highest BCUT2D eigenvalue weighted by Gasteiger charge is 2.23. The first-order chi connectivity index (χ1) is 13.4. The van der Waals surface area contributed by atoms with E-state index < -0.39 is 11.5 Å². The van der Waals surface area contributed by atoms with Crippen molar-refractivity contribution in [3.8, 4) is 0 Å². The van der Waals surface area contributed by atoms with Crippen LogP contribution in [0.2, 0.25) is 0 Å². The van der Waals surface area contributed by atoms with Crippen LogP contribution in [0.5, 0.6) is 0 Å². The first-order valence-electron chi connectivity index (χ1n) is 9.43. The van der Waals surface area contributed by atoms with Gasteiger partial charge in [0.15, 0.2) is 11.5 Å². The summed E-state index contributed by atoms with van der Waals surface area (Å²) < 4.78 is 7.15. The maximum Gasteiger partial charge on any atom is 0.349 e. The van der Waals surface area contributed by atoms with Crippen LogP contribution in [0.4, 0.5) is 5.82 Å². The Kier molecular flexibility index (Phi) is 4.72. The van der Waals surface area contributed by atoms with Gasteiger partial charge in [-0.2, -0.15) is 0 Å². The number of piperidine rings is 1. The zero-order valence-corrected chi connectivity index (χ0v) is 16.2. The minimum absolute atomic E-state index is 0.00982. The molecular weight excluding hydrogens is 358 g/mol. The Balaban J connectivity index is 1.61. The predicted octanol–water partition coefficient (Wildman–Crippen LogP) is 2.33. The molecule has 0 radical (unpaired) electrons. The Hall–Kier alpha value is -3.00. The molecule has 1 amide bonds. The van der Waals surface area contributed by atoms with E-state index in [1.807, 2.05) is 26.0 Å². The fourth-order valence-electron chi connectivity index (χ4n) is 3.74. The minimum atomic E-state index is -0.611. The fraction of sp³-hybridized carbons (Fsp3) is 0.400. The maximum absolute atomic E-state index is 12.7. The normalized spacial score (nSPS) is 15.1. The van der Waals surface area contributed by atoms with E-state index >= 15 is 0 Å². The number of amides is 1. The van der Waals surface area contributed by atoms with Gasteiger partial charge in [-0.1, -0.05) is 0 Å². The molecule has 4 rings (SSSR count). The molecule has 8 heteroatoms. The summed E-state index contributed by atoms with van der Waals surface area (Å²) in [5, 5.41) is 10.3. The zero-order valence-electron chi connectivity index (χ0n) is 16.2. The molecule has 8 nitrogen and oxygen atoms in total. The summed E-state index contributed by atoms with van der Waals surface area (Å²) >= 11 is 0. The number of aromatic nitrogens is 3. The topological polar surface area (TPSA) is 102 Å². The number of hydrogen-bond acceptors (Lipinski definition) is 6. The molecule has 1 fully saturated rings. The quantitative estimate of drug-likeness (QED) is 0.722. The first kappa shape index (κ1) is 18.4. The molecule has 0 aliphatic carbocycles. The number of carbonyl (C=O) groups excluding carboxylic acids is 1. The van der Waals surface area contributed by atoms with Gasteiger partial charge in [0.1, 0.15) is 11.3 Å². The zero-order chi connectivity index (χ0) is 19.8. The third kappa shape index (κ3) is 3.43. The van der Waals surface area contributed by atoms with E-state index in [0.717, 1.165) is 37.3 Å². The van der Waals surface area contributed by atoms with Crippen LogP contribution in [0.1, 0.15) is 51.8 Å². The Morgan fingerprint density at radius 3 is 2.68 bits per heavy atom. The van der Waals surface area contributed by atoms with Gasteiger partial charge in [0, 0.05) is 23.4 Å². The molecule has 0 spiro atoms. The number of carbonyl (C=O) groups is 1. The van der Waals surface area contributed by atoms with Crippen LogP contribution < -0.4 is 16.3 Å². The van der Waals surface area contributed by atoms with Crippen molar-refractivity contribution in [3.63, 3.8) is 0 Å². The van der Waals surface area contributed by atoms with Crippen LogP contribution in [0.15, 0.2) is 27.4 Å². The van der Waals surface area contributed by atoms with E-state index in [-0.39, 0.29) is 11.5 Å². The van der Waals surface area contributed by atoms with Gasteiger partial charge in [-0.3, -0.25) is 4.79 Å². The molecule has 146 valence electrons. The highest BCUT2D eigenvalue weighted by Crippen LogP contribution is 2.25. The summed E-state index contributed by atoms with van der Waals surface area (Å²) in [4.78, 5) is 29.6. The average Bonchev–Trinajstić information content (AvgIpc) is 3.04. The van der Waals surface area contributed by atoms with Crippen molar-refractivity contribution in [3.05, 3.63) is 56.9 Å². The number of nitrogens with one attached hydrogen (secondary N) is 2. The summed E-state index contributed by atoms with van der Waals surface area (Å²) in [5.74, 6) is 0.678. The van der Waals surface area contributed by atoms with Crippen LogP contribution in [0.25, 0.3) is 5.65 Å². The van der Waals surface area contributed by atoms with Gasteiger partial charge >= 0.3 is 5.63 Å². The van der Waals surface area contributed by atoms with Crippen LogP contribution in [0.3, 0.4) is 0 Å². The largest absolute Gasteiger partial charge is 0.427 e. The summed E-state index contributed by atoms with van der Waals surface area (Å²) in [6, 6.07) is 5.40. The van der Waals surface area contributed by atoms with Gasteiger partial charge in [0.25, 0.3) is 5.91 Å². The fourth-order valence-corrected chi connectivity index (χ4v) is 3.74. The van der Waals surface area contributed by atoms with Crippen molar-refractivity contribution in [2.24, 2.45) is 0 Å². The van der Waals surface area contributed by atoms with Gasteiger partial charge in [-0.25, -0.2) is 14.3 Å². The SMILES string of the molecule is Cc1cc(C)n2nc(NC(=O)c3c(C)cc(C4CCNCC4)oc3=O)cc2n1. The number of hydrogen-bond donors (Lipinski definition) is 2. The van der Waals surface area contributed by atoms with E-state index in [9.17, 15) is 9.59 Å². The molecule has 1 aliphatic heterocycles. The van der Waals surface area contributed by atoms with Gasteiger partial charge < -0.3 is 15.1 Å². The highest BCUT2D eigenvalue weighted by atomic mass is 16.4. The molecule has 0 unspecified atom stereocenters. The molecule has 0 aromatic carbocycles.